The van der Waals surface area contributed by atoms with Gasteiger partial charge in [0.2, 0.25) is 10.0 Å². The Morgan fingerprint density at radius 1 is 1.18 bits per heavy atom. The van der Waals surface area contributed by atoms with Crippen LogP contribution in [0.1, 0.15) is 6.92 Å². The largest absolute Gasteiger partial charge is 0.508 e. The van der Waals surface area contributed by atoms with Gasteiger partial charge in [-0.3, -0.25) is 4.79 Å². The van der Waals surface area contributed by atoms with Gasteiger partial charge in [-0.05, 0) is 35.0 Å². The maximum Gasteiger partial charge on any atom is 0.302 e. The number of phenolic OH excluding ortho intramolecular Hbond substituents is 1. The Kier molecular flexibility index (Phi) is 4.68. The zero-order valence-electron chi connectivity index (χ0n) is 12.3. The van der Waals surface area contributed by atoms with Crippen molar-refractivity contribution in [2.75, 3.05) is 20.2 Å². The summed E-state index contributed by atoms with van der Waals surface area (Å²) in [7, 11) is -2.23. The second kappa shape index (κ2) is 6.33. The highest BCUT2D eigenvalue weighted by molar-refractivity contribution is 7.89. The molecule has 1 N–H and O–H groups in total. The second-order valence-corrected chi connectivity index (χ2v) is 6.90. The topological polar surface area (TPSA) is 83.9 Å². The zero-order valence-corrected chi connectivity index (χ0v) is 13.1. The summed E-state index contributed by atoms with van der Waals surface area (Å²) in [4.78, 5) is 10.9. The molecule has 2 rings (SSSR count). The number of rotatable bonds is 5. The number of hydrogen-bond donors (Lipinski definition) is 1. The average molecular weight is 323 g/mol. The van der Waals surface area contributed by atoms with Crippen molar-refractivity contribution in [3.8, 4) is 5.75 Å². The first kappa shape index (κ1) is 16.3. The Morgan fingerprint density at radius 3 is 2.50 bits per heavy atom. The van der Waals surface area contributed by atoms with Gasteiger partial charge >= 0.3 is 5.97 Å². The number of carbonyl (C=O) groups excluding carboxylic acids is 1. The number of nitrogens with zero attached hydrogens (tertiary/aromatic N) is 1. The number of esters is 1. The van der Waals surface area contributed by atoms with Crippen LogP contribution in [0.2, 0.25) is 0 Å². The fraction of sp³-hybridized carbons (Fsp3) is 0.267. The molecule has 0 aliphatic carbocycles. The van der Waals surface area contributed by atoms with Gasteiger partial charge in [-0.25, -0.2) is 8.42 Å². The lowest BCUT2D eigenvalue weighted by molar-refractivity contribution is -0.141. The third-order valence-electron chi connectivity index (χ3n) is 3.21. The molecule has 22 heavy (non-hydrogen) atoms. The van der Waals surface area contributed by atoms with Crippen LogP contribution in [0.25, 0.3) is 10.8 Å². The summed E-state index contributed by atoms with van der Waals surface area (Å²) in [5.41, 5.74) is 0. The Labute approximate surface area is 129 Å². The van der Waals surface area contributed by atoms with E-state index in [9.17, 15) is 18.3 Å². The second-order valence-electron chi connectivity index (χ2n) is 4.86. The molecule has 2 aromatic rings. The zero-order chi connectivity index (χ0) is 16.3. The molecule has 0 aromatic heterocycles. The number of benzene rings is 2. The van der Waals surface area contributed by atoms with Gasteiger partial charge < -0.3 is 9.84 Å². The third kappa shape index (κ3) is 3.55. The van der Waals surface area contributed by atoms with Gasteiger partial charge in [0.05, 0.1) is 4.90 Å². The molecule has 0 amide bonds. The van der Waals surface area contributed by atoms with E-state index in [2.05, 4.69) is 0 Å². The normalized spacial score (nSPS) is 11.8. The lowest BCUT2D eigenvalue weighted by atomic mass is 10.1. The Morgan fingerprint density at radius 2 is 1.82 bits per heavy atom. The van der Waals surface area contributed by atoms with Crippen LogP contribution in [-0.4, -0.2) is 44.0 Å². The van der Waals surface area contributed by atoms with Crippen molar-refractivity contribution in [1.29, 1.82) is 0 Å². The Bertz CT molecular complexity index is 801. The van der Waals surface area contributed by atoms with E-state index in [0.29, 0.717) is 5.39 Å². The summed E-state index contributed by atoms with van der Waals surface area (Å²) in [6, 6.07) is 9.40. The van der Waals surface area contributed by atoms with Gasteiger partial charge in [-0.2, -0.15) is 4.31 Å². The molecule has 118 valence electrons. The van der Waals surface area contributed by atoms with Gasteiger partial charge in [0.15, 0.2) is 0 Å². The van der Waals surface area contributed by atoms with E-state index in [0.717, 1.165) is 9.69 Å². The molecule has 0 bridgehead atoms. The Hall–Kier alpha value is -2.12. The molecule has 6 nitrogen and oxygen atoms in total. The predicted molar refractivity (Wildman–Crippen MR) is 82.1 cm³/mol. The van der Waals surface area contributed by atoms with Crippen molar-refractivity contribution in [3.05, 3.63) is 36.4 Å². The molecule has 0 atom stereocenters. The highest BCUT2D eigenvalue weighted by Gasteiger charge is 2.21. The lowest BCUT2D eigenvalue weighted by Gasteiger charge is -2.17. The number of hydrogen-bond acceptors (Lipinski definition) is 5. The van der Waals surface area contributed by atoms with Crippen molar-refractivity contribution in [2.24, 2.45) is 0 Å². The van der Waals surface area contributed by atoms with Gasteiger partial charge in [0.1, 0.15) is 12.4 Å². The summed E-state index contributed by atoms with van der Waals surface area (Å²) in [5.74, 6) is -0.321. The third-order valence-corrected chi connectivity index (χ3v) is 5.07. The summed E-state index contributed by atoms with van der Waals surface area (Å²) in [6.07, 6.45) is 0. The fourth-order valence-electron chi connectivity index (χ4n) is 1.99. The van der Waals surface area contributed by atoms with Crippen LogP contribution in [-0.2, 0) is 19.6 Å². The Balaban J connectivity index is 2.25. The number of phenols is 1. The van der Waals surface area contributed by atoms with Crippen LogP contribution in [0.3, 0.4) is 0 Å². The molecule has 0 unspecified atom stereocenters. The number of likely N-dealkylation sites (N-methyl/N-ethyl adjacent to an activating group) is 1. The van der Waals surface area contributed by atoms with Crippen LogP contribution in [0.4, 0.5) is 0 Å². The van der Waals surface area contributed by atoms with Crippen molar-refractivity contribution in [3.63, 3.8) is 0 Å². The molecule has 0 spiro atoms. The van der Waals surface area contributed by atoms with Crippen LogP contribution < -0.4 is 0 Å². The first-order valence-electron chi connectivity index (χ1n) is 6.63. The van der Waals surface area contributed by atoms with Crippen LogP contribution in [0.15, 0.2) is 41.3 Å². The average Bonchev–Trinajstić information content (AvgIpc) is 2.46. The number of aromatic hydroxyl groups is 1. The molecular formula is C15H17NO5S. The molecule has 0 radical (unpaired) electrons. The summed E-state index contributed by atoms with van der Waals surface area (Å²) in [6.45, 7) is 1.36. The summed E-state index contributed by atoms with van der Waals surface area (Å²) in [5, 5.41) is 10.9. The van der Waals surface area contributed by atoms with Gasteiger partial charge in [-0.1, -0.05) is 12.1 Å². The van der Waals surface area contributed by atoms with Crippen molar-refractivity contribution < 1.29 is 23.1 Å². The van der Waals surface area contributed by atoms with E-state index in [1.807, 2.05) is 0 Å². The summed E-state index contributed by atoms with van der Waals surface area (Å²) >= 11 is 0. The predicted octanol–water partition coefficient (Wildman–Crippen LogP) is 1.73. The van der Waals surface area contributed by atoms with Crippen molar-refractivity contribution in [1.82, 2.24) is 4.31 Å². The molecule has 2 aromatic carbocycles. The van der Waals surface area contributed by atoms with E-state index in [-0.39, 0.29) is 23.8 Å². The van der Waals surface area contributed by atoms with Gasteiger partial charge in [-0.15, -0.1) is 0 Å². The summed E-state index contributed by atoms with van der Waals surface area (Å²) < 4.78 is 30.8. The minimum Gasteiger partial charge on any atom is -0.508 e. The SMILES string of the molecule is CC(=O)OCCN(C)S(=O)(=O)c1ccc2cc(O)ccc2c1. The van der Waals surface area contributed by atoms with Gasteiger partial charge in [0, 0.05) is 20.5 Å². The van der Waals surface area contributed by atoms with Crippen molar-refractivity contribution in [2.45, 2.75) is 11.8 Å². The molecule has 0 saturated carbocycles. The monoisotopic (exact) mass is 323 g/mol. The highest BCUT2D eigenvalue weighted by Crippen LogP contribution is 2.24. The number of sulfonamides is 1. The van der Waals surface area contributed by atoms with E-state index < -0.39 is 16.0 Å². The standard InChI is InChI=1S/C15H17NO5S/c1-11(17)21-8-7-16(2)22(19,20)15-6-4-12-9-14(18)5-3-13(12)10-15/h3-6,9-10,18H,7-8H2,1-2H3. The van der Waals surface area contributed by atoms with E-state index >= 15 is 0 Å². The molecule has 0 fully saturated rings. The molecule has 0 aliphatic heterocycles. The minimum absolute atomic E-state index is 0.00647. The highest BCUT2D eigenvalue weighted by atomic mass is 32.2. The maximum atomic E-state index is 12.5. The fourth-order valence-corrected chi connectivity index (χ4v) is 3.18. The molecular weight excluding hydrogens is 306 g/mol. The molecule has 7 heteroatoms. The minimum atomic E-state index is -3.66. The first-order chi connectivity index (χ1) is 10.3. The quantitative estimate of drug-likeness (QED) is 0.847. The number of ether oxygens (including phenoxy) is 1. The first-order valence-corrected chi connectivity index (χ1v) is 8.07. The smallest absolute Gasteiger partial charge is 0.302 e. The van der Waals surface area contributed by atoms with E-state index in [1.165, 1.54) is 26.1 Å². The number of fused-ring (bicyclic) bond motifs is 1. The van der Waals surface area contributed by atoms with Crippen molar-refractivity contribution >= 4 is 26.8 Å². The van der Waals surface area contributed by atoms with Gasteiger partial charge in [0.25, 0.3) is 0 Å². The molecule has 0 aliphatic rings. The molecule has 0 heterocycles. The van der Waals surface area contributed by atoms with E-state index in [1.54, 1.807) is 24.3 Å². The lowest BCUT2D eigenvalue weighted by Crippen LogP contribution is -2.30. The van der Waals surface area contributed by atoms with Crippen LogP contribution >= 0.6 is 0 Å². The van der Waals surface area contributed by atoms with Crippen LogP contribution in [0, 0.1) is 0 Å². The number of carbonyl (C=O) groups is 1. The van der Waals surface area contributed by atoms with Crippen LogP contribution in [0.5, 0.6) is 5.75 Å². The van der Waals surface area contributed by atoms with E-state index in [4.69, 9.17) is 4.74 Å². The maximum absolute atomic E-state index is 12.5. The molecule has 0 saturated heterocycles.